The summed E-state index contributed by atoms with van der Waals surface area (Å²) in [5.74, 6) is 0. The standard InChI is InChI=1S/C7H18N2.C4H10/c1-5-9(4)7-6-8(2)3;1-3-4-2/h5-7H2,1-4H3;3-4H2,1-2H3. The Morgan fingerprint density at radius 1 is 0.769 bits per heavy atom. The SMILES string of the molecule is CCCC.CCN(C)CCN(C)C. The predicted octanol–water partition coefficient (Wildman–Crippen LogP) is 2.31. The predicted molar refractivity (Wildman–Crippen MR) is 62.3 cm³/mol. The maximum Gasteiger partial charge on any atom is 0.0106 e. The highest BCUT2D eigenvalue weighted by Crippen LogP contribution is 1.81. The van der Waals surface area contributed by atoms with Crippen molar-refractivity contribution in [3.63, 3.8) is 0 Å². The van der Waals surface area contributed by atoms with Crippen molar-refractivity contribution in [3.8, 4) is 0 Å². The molecule has 0 N–H and O–H groups in total. The topological polar surface area (TPSA) is 6.48 Å². The molecule has 0 aliphatic rings. The molecule has 0 atom stereocenters. The maximum atomic E-state index is 2.31. The van der Waals surface area contributed by atoms with E-state index in [4.69, 9.17) is 0 Å². The average molecular weight is 188 g/mol. The van der Waals surface area contributed by atoms with Crippen LogP contribution in [0.4, 0.5) is 0 Å². The van der Waals surface area contributed by atoms with Gasteiger partial charge < -0.3 is 9.80 Å². The summed E-state index contributed by atoms with van der Waals surface area (Å²) >= 11 is 0. The van der Waals surface area contributed by atoms with Gasteiger partial charge in [-0.1, -0.05) is 33.6 Å². The molecule has 0 radical (unpaired) electrons. The quantitative estimate of drug-likeness (QED) is 0.653. The van der Waals surface area contributed by atoms with Crippen LogP contribution in [0.15, 0.2) is 0 Å². The molecule has 0 rings (SSSR count). The summed E-state index contributed by atoms with van der Waals surface area (Å²) < 4.78 is 0. The molecule has 0 heterocycles. The molecule has 0 bridgehead atoms. The molecule has 0 aromatic carbocycles. The second kappa shape index (κ2) is 11.9. The molecule has 0 aliphatic carbocycles. The Morgan fingerprint density at radius 3 is 1.46 bits per heavy atom. The van der Waals surface area contributed by atoms with Crippen LogP contribution in [-0.4, -0.2) is 50.6 Å². The lowest BCUT2D eigenvalue weighted by Gasteiger charge is -2.16. The van der Waals surface area contributed by atoms with Crippen molar-refractivity contribution in [2.75, 3.05) is 40.8 Å². The van der Waals surface area contributed by atoms with E-state index in [0.717, 1.165) is 13.1 Å². The average Bonchev–Trinajstić information content (AvgIpc) is 2.14. The number of unbranched alkanes of at least 4 members (excludes halogenated alkanes) is 1. The molecule has 0 amide bonds. The Labute approximate surface area is 84.9 Å². The molecule has 0 saturated carbocycles. The Balaban J connectivity index is 0. The molecule has 0 unspecified atom stereocenters. The molecule has 0 saturated heterocycles. The zero-order valence-corrected chi connectivity index (χ0v) is 10.4. The third kappa shape index (κ3) is 18.7. The van der Waals surface area contributed by atoms with Crippen molar-refractivity contribution >= 4 is 0 Å². The van der Waals surface area contributed by atoms with Gasteiger partial charge in [0.25, 0.3) is 0 Å². The molecular formula is C11H28N2. The van der Waals surface area contributed by atoms with Crippen LogP contribution in [-0.2, 0) is 0 Å². The van der Waals surface area contributed by atoms with Gasteiger partial charge in [-0.15, -0.1) is 0 Å². The first-order valence-electron chi connectivity index (χ1n) is 5.41. The molecule has 2 heteroatoms. The van der Waals surface area contributed by atoms with Gasteiger partial charge in [-0.2, -0.15) is 0 Å². The van der Waals surface area contributed by atoms with Crippen molar-refractivity contribution in [2.45, 2.75) is 33.6 Å². The first-order valence-corrected chi connectivity index (χ1v) is 5.41. The van der Waals surface area contributed by atoms with Crippen molar-refractivity contribution in [2.24, 2.45) is 0 Å². The highest BCUT2D eigenvalue weighted by atomic mass is 15.1. The van der Waals surface area contributed by atoms with E-state index in [1.807, 2.05) is 0 Å². The normalized spacial score (nSPS) is 10.2. The van der Waals surface area contributed by atoms with Crippen molar-refractivity contribution in [1.82, 2.24) is 9.80 Å². The first kappa shape index (κ1) is 15.4. The van der Waals surface area contributed by atoms with Gasteiger partial charge in [0, 0.05) is 13.1 Å². The third-order valence-electron chi connectivity index (χ3n) is 1.97. The van der Waals surface area contributed by atoms with Crippen LogP contribution in [0.25, 0.3) is 0 Å². The number of nitrogens with zero attached hydrogens (tertiary/aromatic N) is 2. The van der Waals surface area contributed by atoms with E-state index in [-0.39, 0.29) is 0 Å². The molecule has 13 heavy (non-hydrogen) atoms. The summed E-state index contributed by atoms with van der Waals surface area (Å²) in [6.07, 6.45) is 2.64. The zero-order chi connectivity index (χ0) is 10.7. The minimum Gasteiger partial charge on any atom is -0.308 e. The van der Waals surface area contributed by atoms with E-state index >= 15 is 0 Å². The van der Waals surface area contributed by atoms with Gasteiger partial charge >= 0.3 is 0 Å². The van der Waals surface area contributed by atoms with E-state index in [9.17, 15) is 0 Å². The van der Waals surface area contributed by atoms with Gasteiger partial charge in [0.2, 0.25) is 0 Å². The molecular weight excluding hydrogens is 160 g/mol. The Hall–Kier alpha value is -0.0800. The summed E-state index contributed by atoms with van der Waals surface area (Å²) in [7, 11) is 6.34. The number of hydrogen-bond acceptors (Lipinski definition) is 2. The number of hydrogen-bond donors (Lipinski definition) is 0. The van der Waals surface area contributed by atoms with Gasteiger partial charge in [-0.05, 0) is 27.7 Å². The summed E-state index contributed by atoms with van der Waals surface area (Å²) in [6.45, 7) is 10.0. The molecule has 82 valence electrons. The van der Waals surface area contributed by atoms with Crippen LogP contribution in [0.2, 0.25) is 0 Å². The third-order valence-corrected chi connectivity index (χ3v) is 1.97. The van der Waals surface area contributed by atoms with Crippen LogP contribution >= 0.6 is 0 Å². The lowest BCUT2D eigenvalue weighted by atomic mass is 10.4. The molecule has 2 nitrogen and oxygen atoms in total. The lowest BCUT2D eigenvalue weighted by Crippen LogP contribution is -2.28. The van der Waals surface area contributed by atoms with Gasteiger partial charge in [-0.25, -0.2) is 0 Å². The molecule has 0 aromatic rings. The van der Waals surface area contributed by atoms with Gasteiger partial charge in [0.05, 0.1) is 0 Å². The highest BCUT2D eigenvalue weighted by Gasteiger charge is 1.93. The summed E-state index contributed by atoms with van der Waals surface area (Å²) in [5.41, 5.74) is 0. The fraction of sp³-hybridized carbons (Fsp3) is 1.00. The fourth-order valence-electron chi connectivity index (χ4n) is 0.529. The Morgan fingerprint density at radius 2 is 1.23 bits per heavy atom. The van der Waals surface area contributed by atoms with E-state index in [2.05, 4.69) is 51.7 Å². The monoisotopic (exact) mass is 188 g/mol. The highest BCUT2D eigenvalue weighted by molar-refractivity contribution is 4.49. The van der Waals surface area contributed by atoms with Crippen molar-refractivity contribution in [3.05, 3.63) is 0 Å². The van der Waals surface area contributed by atoms with Crippen molar-refractivity contribution < 1.29 is 0 Å². The van der Waals surface area contributed by atoms with Gasteiger partial charge in [0.15, 0.2) is 0 Å². The van der Waals surface area contributed by atoms with Crippen LogP contribution in [0.3, 0.4) is 0 Å². The Bertz CT molecular complexity index is 80.2. The van der Waals surface area contributed by atoms with E-state index < -0.39 is 0 Å². The smallest absolute Gasteiger partial charge is 0.0106 e. The summed E-state index contributed by atoms with van der Waals surface area (Å²) in [5, 5.41) is 0. The minimum atomic E-state index is 1.15. The molecule has 0 aromatic heterocycles. The molecule has 0 fully saturated rings. The lowest BCUT2D eigenvalue weighted by molar-refractivity contribution is 0.292. The number of likely N-dealkylation sites (N-methyl/N-ethyl adjacent to an activating group) is 2. The first-order chi connectivity index (χ1) is 6.08. The zero-order valence-electron chi connectivity index (χ0n) is 10.4. The van der Waals surface area contributed by atoms with E-state index in [1.165, 1.54) is 19.4 Å². The Kier molecular flexibility index (Phi) is 14.1. The fourth-order valence-corrected chi connectivity index (χ4v) is 0.529. The van der Waals surface area contributed by atoms with Crippen molar-refractivity contribution in [1.29, 1.82) is 0 Å². The van der Waals surface area contributed by atoms with E-state index in [1.54, 1.807) is 0 Å². The largest absolute Gasteiger partial charge is 0.308 e. The van der Waals surface area contributed by atoms with Gasteiger partial charge in [0.1, 0.15) is 0 Å². The van der Waals surface area contributed by atoms with Crippen LogP contribution in [0.5, 0.6) is 0 Å². The number of rotatable bonds is 5. The molecule has 0 aliphatic heterocycles. The maximum absolute atomic E-state index is 2.31. The minimum absolute atomic E-state index is 1.15. The summed E-state index contributed by atoms with van der Waals surface area (Å²) in [4.78, 5) is 4.51. The summed E-state index contributed by atoms with van der Waals surface area (Å²) in [6, 6.07) is 0. The van der Waals surface area contributed by atoms with Gasteiger partial charge in [-0.3, -0.25) is 0 Å². The van der Waals surface area contributed by atoms with E-state index in [0.29, 0.717) is 0 Å². The van der Waals surface area contributed by atoms with Crippen LogP contribution in [0.1, 0.15) is 33.6 Å². The van der Waals surface area contributed by atoms with Crippen LogP contribution < -0.4 is 0 Å². The molecule has 0 spiro atoms. The second-order valence-corrected chi connectivity index (χ2v) is 3.70. The van der Waals surface area contributed by atoms with Crippen LogP contribution in [0, 0.1) is 0 Å². The second-order valence-electron chi connectivity index (χ2n) is 3.70.